The van der Waals surface area contributed by atoms with Gasteiger partial charge in [-0.15, -0.1) is 0 Å². The van der Waals surface area contributed by atoms with Crippen LogP contribution in [0.25, 0.3) is 0 Å². The first-order valence-corrected chi connectivity index (χ1v) is 7.31. The Hall–Kier alpha value is -1.66. The molecule has 0 spiro atoms. The van der Waals surface area contributed by atoms with Crippen molar-refractivity contribution in [3.63, 3.8) is 0 Å². The number of hydrogen-bond acceptors (Lipinski definition) is 3. The van der Waals surface area contributed by atoms with Gasteiger partial charge in [-0.3, -0.25) is 9.59 Å². The predicted molar refractivity (Wildman–Crippen MR) is 86.2 cm³/mol. The van der Waals surface area contributed by atoms with Crippen LogP contribution in [0.2, 0.25) is 0 Å². The van der Waals surface area contributed by atoms with Gasteiger partial charge in [0.05, 0.1) is 6.61 Å². The van der Waals surface area contributed by atoms with Gasteiger partial charge >= 0.3 is 0 Å². The molecular weight excluding hydrogens is 336 g/mol. The monoisotopic (exact) mass is 354 g/mol. The zero-order chi connectivity index (χ0) is 15.7. The van der Waals surface area contributed by atoms with Crippen LogP contribution in [-0.2, 0) is 14.3 Å². The third kappa shape index (κ3) is 7.06. The lowest BCUT2D eigenvalue weighted by Crippen LogP contribution is -2.26. The summed E-state index contributed by atoms with van der Waals surface area (Å²) in [5.41, 5.74) is 1.75. The number of amides is 2. The van der Waals surface area contributed by atoms with Gasteiger partial charge in [0.15, 0.2) is 0 Å². The second kappa shape index (κ2) is 9.31. The normalized spacial score (nSPS) is 10.6. The van der Waals surface area contributed by atoms with Crippen LogP contribution < -0.4 is 10.6 Å². The van der Waals surface area contributed by atoms with Crippen molar-refractivity contribution in [2.24, 2.45) is 0 Å². The molecule has 1 rings (SSSR count). The molecule has 0 aliphatic heterocycles. The summed E-state index contributed by atoms with van der Waals surface area (Å²) in [6, 6.07) is 5.68. The number of carbonyl (C=O) groups is 2. The van der Waals surface area contributed by atoms with E-state index in [-0.39, 0.29) is 24.8 Å². The van der Waals surface area contributed by atoms with E-state index in [1.165, 1.54) is 6.08 Å². The molecule has 114 valence electrons. The van der Waals surface area contributed by atoms with E-state index in [1.807, 2.05) is 25.1 Å². The number of rotatable bonds is 7. The molecule has 6 heteroatoms. The Morgan fingerprint density at radius 2 is 2.14 bits per heavy atom. The molecule has 1 aromatic rings. The lowest BCUT2D eigenvalue weighted by molar-refractivity contribution is -0.117. The molecule has 0 aliphatic carbocycles. The van der Waals surface area contributed by atoms with Gasteiger partial charge in [-0.25, -0.2) is 0 Å². The molecule has 5 nitrogen and oxygen atoms in total. The number of halogens is 1. The van der Waals surface area contributed by atoms with E-state index in [0.29, 0.717) is 6.61 Å². The number of ether oxygens (including phenoxy) is 1. The molecule has 0 aromatic heterocycles. The Kier molecular flexibility index (Phi) is 7.71. The summed E-state index contributed by atoms with van der Waals surface area (Å²) in [5.74, 6) is -0.379. The first-order valence-electron chi connectivity index (χ1n) is 6.52. The molecule has 0 saturated heterocycles. The van der Waals surface area contributed by atoms with Crippen LogP contribution in [0.4, 0.5) is 5.69 Å². The Labute approximate surface area is 132 Å². The number of anilines is 1. The predicted octanol–water partition coefficient (Wildman–Crippen LogP) is 2.40. The molecule has 0 aliphatic rings. The smallest absolute Gasteiger partial charge is 0.243 e. The lowest BCUT2D eigenvalue weighted by Gasteiger charge is -2.09. The van der Waals surface area contributed by atoms with Crippen molar-refractivity contribution in [1.29, 1.82) is 0 Å². The highest BCUT2D eigenvalue weighted by molar-refractivity contribution is 9.10. The summed E-state index contributed by atoms with van der Waals surface area (Å²) in [6.07, 6.45) is 3.22. The first-order chi connectivity index (χ1) is 10.0. The Morgan fingerprint density at radius 3 is 2.86 bits per heavy atom. The van der Waals surface area contributed by atoms with Gasteiger partial charge in [-0.1, -0.05) is 28.1 Å². The van der Waals surface area contributed by atoms with Crippen molar-refractivity contribution in [3.05, 3.63) is 40.4 Å². The van der Waals surface area contributed by atoms with E-state index in [1.54, 1.807) is 13.2 Å². The van der Waals surface area contributed by atoms with E-state index in [9.17, 15) is 9.59 Å². The molecule has 1 aromatic carbocycles. The van der Waals surface area contributed by atoms with Crippen LogP contribution in [0, 0.1) is 6.92 Å². The largest absolute Gasteiger partial charge is 0.381 e. The van der Waals surface area contributed by atoms with Gasteiger partial charge in [0.25, 0.3) is 0 Å². The fourth-order valence-corrected chi connectivity index (χ4v) is 1.91. The first kappa shape index (κ1) is 17.4. The number of methoxy groups -OCH3 is 1. The highest BCUT2D eigenvalue weighted by Crippen LogP contribution is 2.20. The maximum absolute atomic E-state index is 11.8. The fraction of sp³-hybridized carbons (Fsp3) is 0.333. The summed E-state index contributed by atoms with van der Waals surface area (Å²) < 4.78 is 5.69. The number of nitrogens with one attached hydrogen (secondary N) is 2. The van der Waals surface area contributed by atoms with Crippen LogP contribution in [0.15, 0.2) is 34.8 Å². The molecule has 0 unspecified atom stereocenters. The topological polar surface area (TPSA) is 67.4 Å². The summed E-state index contributed by atoms with van der Waals surface area (Å²) in [7, 11) is 1.55. The summed E-state index contributed by atoms with van der Waals surface area (Å²) in [5, 5.41) is 5.45. The van der Waals surface area contributed by atoms with E-state index >= 15 is 0 Å². The number of aryl methyl sites for hydroxylation is 1. The number of hydrogen-bond donors (Lipinski definition) is 2. The lowest BCUT2D eigenvalue weighted by atomic mass is 10.2. The molecule has 0 radical (unpaired) electrons. The van der Waals surface area contributed by atoms with Gasteiger partial charge in [0, 0.05) is 36.3 Å². The molecule has 21 heavy (non-hydrogen) atoms. The van der Waals surface area contributed by atoms with Crippen LogP contribution >= 0.6 is 15.9 Å². The maximum atomic E-state index is 11.8. The van der Waals surface area contributed by atoms with Gasteiger partial charge in [-0.2, -0.15) is 0 Å². The van der Waals surface area contributed by atoms with Crippen molar-refractivity contribution >= 4 is 33.4 Å². The minimum absolute atomic E-state index is 0.141. The maximum Gasteiger partial charge on any atom is 0.243 e. The second-order valence-electron chi connectivity index (χ2n) is 4.41. The van der Waals surface area contributed by atoms with Crippen LogP contribution in [0.3, 0.4) is 0 Å². The SMILES string of the molecule is COC/C=C/C(=O)NCCC(=O)Nc1cc(Br)ccc1C. The molecule has 2 N–H and O–H groups in total. The zero-order valence-electron chi connectivity index (χ0n) is 12.1. The molecule has 0 atom stereocenters. The Balaban J connectivity index is 2.34. The Bertz CT molecular complexity index is 530. The molecule has 0 fully saturated rings. The van der Waals surface area contributed by atoms with Crippen LogP contribution in [0.5, 0.6) is 0 Å². The van der Waals surface area contributed by atoms with E-state index in [0.717, 1.165) is 15.7 Å². The third-order valence-electron chi connectivity index (χ3n) is 2.66. The standard InChI is InChI=1S/C15H19BrN2O3/c1-11-5-6-12(16)10-13(11)18-15(20)7-8-17-14(19)4-3-9-21-2/h3-6,10H,7-9H2,1-2H3,(H,17,19)(H,18,20)/b4-3+. The highest BCUT2D eigenvalue weighted by Gasteiger charge is 2.05. The van der Waals surface area contributed by atoms with Crippen molar-refractivity contribution in [2.45, 2.75) is 13.3 Å². The molecule has 0 bridgehead atoms. The summed E-state index contributed by atoms with van der Waals surface area (Å²) in [6.45, 7) is 2.59. The second-order valence-corrected chi connectivity index (χ2v) is 5.32. The minimum Gasteiger partial charge on any atom is -0.381 e. The van der Waals surface area contributed by atoms with Crippen molar-refractivity contribution in [1.82, 2.24) is 5.32 Å². The fourth-order valence-electron chi connectivity index (χ4n) is 1.55. The average molecular weight is 355 g/mol. The third-order valence-corrected chi connectivity index (χ3v) is 3.15. The minimum atomic E-state index is -0.238. The summed E-state index contributed by atoms with van der Waals surface area (Å²) in [4.78, 5) is 23.2. The van der Waals surface area contributed by atoms with E-state index in [4.69, 9.17) is 4.74 Å². The van der Waals surface area contributed by atoms with Crippen molar-refractivity contribution in [3.8, 4) is 0 Å². The van der Waals surface area contributed by atoms with Gasteiger partial charge in [0.1, 0.15) is 0 Å². The number of carbonyl (C=O) groups excluding carboxylic acids is 2. The highest BCUT2D eigenvalue weighted by atomic mass is 79.9. The molecule has 2 amide bonds. The molecule has 0 saturated carbocycles. The van der Waals surface area contributed by atoms with Crippen molar-refractivity contribution in [2.75, 3.05) is 25.6 Å². The number of benzene rings is 1. The van der Waals surface area contributed by atoms with Gasteiger partial charge < -0.3 is 15.4 Å². The quantitative estimate of drug-likeness (QED) is 0.738. The molecular formula is C15H19BrN2O3. The van der Waals surface area contributed by atoms with Crippen LogP contribution in [0.1, 0.15) is 12.0 Å². The van der Waals surface area contributed by atoms with E-state index < -0.39 is 0 Å². The average Bonchev–Trinajstić information content (AvgIpc) is 2.43. The van der Waals surface area contributed by atoms with E-state index in [2.05, 4.69) is 26.6 Å². The molecule has 0 heterocycles. The zero-order valence-corrected chi connectivity index (χ0v) is 13.7. The summed E-state index contributed by atoms with van der Waals surface area (Å²) >= 11 is 3.36. The Morgan fingerprint density at radius 1 is 1.38 bits per heavy atom. The van der Waals surface area contributed by atoms with Gasteiger partial charge in [-0.05, 0) is 24.6 Å². The van der Waals surface area contributed by atoms with Crippen LogP contribution in [-0.4, -0.2) is 32.1 Å². The van der Waals surface area contributed by atoms with Gasteiger partial charge in [0.2, 0.25) is 11.8 Å². The van der Waals surface area contributed by atoms with Crippen molar-refractivity contribution < 1.29 is 14.3 Å².